The van der Waals surface area contributed by atoms with Gasteiger partial charge in [0, 0.05) is 23.7 Å². The van der Waals surface area contributed by atoms with Crippen molar-refractivity contribution in [3.63, 3.8) is 0 Å². The van der Waals surface area contributed by atoms with Gasteiger partial charge in [0.15, 0.2) is 11.5 Å². The highest BCUT2D eigenvalue weighted by molar-refractivity contribution is 6.09. The van der Waals surface area contributed by atoms with E-state index in [0.717, 1.165) is 4.57 Å². The SMILES string of the molecule is Cc1c(C#N)c(O)n(C)c(=O)c1N=Nc1cccc(C(=O)c2ccccc2)c1. The van der Waals surface area contributed by atoms with E-state index in [1.54, 1.807) is 48.5 Å². The molecular weight excluding hydrogens is 356 g/mol. The highest BCUT2D eigenvalue weighted by Gasteiger charge is 2.17. The van der Waals surface area contributed by atoms with Crippen LogP contribution in [0.15, 0.2) is 69.6 Å². The predicted molar refractivity (Wildman–Crippen MR) is 103 cm³/mol. The third kappa shape index (κ3) is 3.44. The smallest absolute Gasteiger partial charge is 0.281 e. The highest BCUT2D eigenvalue weighted by atomic mass is 16.3. The van der Waals surface area contributed by atoms with Crippen LogP contribution in [0.3, 0.4) is 0 Å². The van der Waals surface area contributed by atoms with Gasteiger partial charge in [0.1, 0.15) is 11.6 Å². The summed E-state index contributed by atoms with van der Waals surface area (Å²) >= 11 is 0. The zero-order chi connectivity index (χ0) is 20.3. The molecule has 0 unspecified atom stereocenters. The van der Waals surface area contributed by atoms with Crippen LogP contribution in [0.2, 0.25) is 0 Å². The van der Waals surface area contributed by atoms with E-state index in [2.05, 4.69) is 10.2 Å². The van der Waals surface area contributed by atoms with Crippen molar-refractivity contribution in [1.29, 1.82) is 5.26 Å². The second kappa shape index (κ2) is 7.68. The molecule has 0 atom stereocenters. The average Bonchev–Trinajstić information content (AvgIpc) is 2.73. The minimum atomic E-state index is -0.575. The van der Waals surface area contributed by atoms with Gasteiger partial charge in [0.05, 0.1) is 5.69 Å². The zero-order valence-electron chi connectivity index (χ0n) is 15.2. The number of carbonyl (C=O) groups excluding carboxylic acids is 1. The standard InChI is InChI=1S/C21H16N4O3/c1-13-17(12-22)20(27)25(2)21(28)18(13)24-23-16-10-6-9-15(11-16)19(26)14-7-4-3-5-8-14/h3-11,27H,1-2H3. The van der Waals surface area contributed by atoms with E-state index < -0.39 is 11.4 Å². The largest absolute Gasteiger partial charge is 0.493 e. The van der Waals surface area contributed by atoms with Crippen molar-refractivity contribution in [3.05, 3.63) is 87.2 Å². The monoisotopic (exact) mass is 372 g/mol. The van der Waals surface area contributed by atoms with Crippen molar-refractivity contribution in [1.82, 2.24) is 4.57 Å². The Bertz CT molecular complexity index is 1190. The number of hydrogen-bond donors (Lipinski definition) is 1. The van der Waals surface area contributed by atoms with Crippen molar-refractivity contribution >= 4 is 17.2 Å². The Balaban J connectivity index is 1.99. The first kappa shape index (κ1) is 18.7. The third-order valence-electron chi connectivity index (χ3n) is 4.30. The summed E-state index contributed by atoms with van der Waals surface area (Å²) in [6.45, 7) is 1.52. The van der Waals surface area contributed by atoms with Crippen LogP contribution in [0.5, 0.6) is 5.88 Å². The summed E-state index contributed by atoms with van der Waals surface area (Å²) < 4.78 is 0.940. The fraction of sp³-hybridized carbons (Fsp3) is 0.0952. The van der Waals surface area contributed by atoms with Crippen LogP contribution in [0.4, 0.5) is 11.4 Å². The van der Waals surface area contributed by atoms with Crippen LogP contribution in [-0.4, -0.2) is 15.5 Å². The Morgan fingerprint density at radius 3 is 2.43 bits per heavy atom. The Hall–Kier alpha value is -4.05. The van der Waals surface area contributed by atoms with E-state index in [1.165, 1.54) is 14.0 Å². The van der Waals surface area contributed by atoms with Crippen LogP contribution in [-0.2, 0) is 7.05 Å². The summed E-state index contributed by atoms with van der Waals surface area (Å²) in [4.78, 5) is 24.9. The van der Waals surface area contributed by atoms with Gasteiger partial charge >= 0.3 is 0 Å². The number of ketones is 1. The molecule has 0 radical (unpaired) electrons. The highest BCUT2D eigenvalue weighted by Crippen LogP contribution is 2.26. The number of nitriles is 1. The average molecular weight is 372 g/mol. The predicted octanol–water partition coefficient (Wildman–Crippen LogP) is 3.92. The van der Waals surface area contributed by atoms with E-state index in [-0.39, 0.29) is 22.6 Å². The number of aromatic nitrogens is 1. The molecule has 2 aromatic carbocycles. The Morgan fingerprint density at radius 1 is 1.07 bits per heavy atom. The van der Waals surface area contributed by atoms with Gasteiger partial charge in [0.25, 0.3) is 5.56 Å². The maximum Gasteiger partial charge on any atom is 0.281 e. The van der Waals surface area contributed by atoms with E-state index in [0.29, 0.717) is 16.8 Å². The minimum absolute atomic E-state index is 0.0379. The molecule has 0 amide bonds. The lowest BCUT2D eigenvalue weighted by atomic mass is 10.0. The first-order valence-corrected chi connectivity index (χ1v) is 8.38. The number of aromatic hydroxyl groups is 1. The Kier molecular flexibility index (Phi) is 5.14. The molecule has 0 bridgehead atoms. The van der Waals surface area contributed by atoms with Gasteiger partial charge in [-0.1, -0.05) is 42.5 Å². The normalized spacial score (nSPS) is 10.8. The number of azo groups is 1. The maximum absolute atomic E-state index is 12.6. The van der Waals surface area contributed by atoms with Crippen LogP contribution >= 0.6 is 0 Å². The van der Waals surface area contributed by atoms with Gasteiger partial charge in [-0.2, -0.15) is 10.4 Å². The zero-order valence-corrected chi connectivity index (χ0v) is 15.2. The molecule has 0 saturated carbocycles. The molecule has 0 saturated heterocycles. The van der Waals surface area contributed by atoms with E-state index in [1.807, 2.05) is 12.1 Å². The Labute approximate surface area is 160 Å². The van der Waals surface area contributed by atoms with Gasteiger partial charge < -0.3 is 5.11 Å². The number of hydrogen-bond acceptors (Lipinski definition) is 6. The minimum Gasteiger partial charge on any atom is -0.493 e. The van der Waals surface area contributed by atoms with E-state index in [9.17, 15) is 20.0 Å². The molecule has 0 fully saturated rings. The fourth-order valence-electron chi connectivity index (χ4n) is 2.69. The molecule has 3 aromatic rings. The lowest BCUT2D eigenvalue weighted by molar-refractivity contribution is 0.103. The summed E-state index contributed by atoms with van der Waals surface area (Å²) in [6, 6.07) is 17.3. The molecule has 0 aliphatic rings. The number of pyridine rings is 1. The lowest BCUT2D eigenvalue weighted by Crippen LogP contribution is -2.18. The Morgan fingerprint density at radius 2 is 1.75 bits per heavy atom. The van der Waals surface area contributed by atoms with Crippen LogP contribution in [0.1, 0.15) is 27.0 Å². The maximum atomic E-state index is 12.6. The second-order valence-corrected chi connectivity index (χ2v) is 6.09. The van der Waals surface area contributed by atoms with Crippen molar-refractivity contribution < 1.29 is 9.90 Å². The van der Waals surface area contributed by atoms with E-state index in [4.69, 9.17) is 0 Å². The molecule has 28 heavy (non-hydrogen) atoms. The number of carbonyl (C=O) groups is 1. The summed E-state index contributed by atoms with van der Waals surface area (Å²) in [5.74, 6) is -0.569. The fourth-order valence-corrected chi connectivity index (χ4v) is 2.69. The topological polar surface area (TPSA) is 108 Å². The molecule has 3 rings (SSSR count). The molecule has 7 nitrogen and oxygen atoms in total. The first-order chi connectivity index (χ1) is 13.4. The summed E-state index contributed by atoms with van der Waals surface area (Å²) in [5, 5.41) is 27.1. The summed E-state index contributed by atoms with van der Waals surface area (Å²) in [7, 11) is 1.34. The number of nitrogens with zero attached hydrogens (tertiary/aromatic N) is 4. The first-order valence-electron chi connectivity index (χ1n) is 8.38. The lowest BCUT2D eigenvalue weighted by Gasteiger charge is -2.08. The van der Waals surface area contributed by atoms with Gasteiger partial charge in [-0.05, 0) is 19.1 Å². The molecule has 1 N–H and O–H groups in total. The van der Waals surface area contributed by atoms with Crippen molar-refractivity contribution in [2.75, 3.05) is 0 Å². The van der Waals surface area contributed by atoms with Crippen LogP contribution in [0.25, 0.3) is 0 Å². The van der Waals surface area contributed by atoms with Gasteiger partial charge in [0.2, 0.25) is 5.88 Å². The molecule has 7 heteroatoms. The summed E-state index contributed by atoms with van der Waals surface area (Å²) in [5.41, 5.74) is 0.960. The van der Waals surface area contributed by atoms with Crippen LogP contribution in [0, 0.1) is 18.3 Å². The van der Waals surface area contributed by atoms with Gasteiger partial charge in [-0.25, -0.2) is 0 Å². The van der Waals surface area contributed by atoms with Crippen LogP contribution < -0.4 is 5.56 Å². The molecule has 138 valence electrons. The molecule has 0 spiro atoms. The molecular formula is C21H16N4O3. The molecule has 0 aliphatic carbocycles. The van der Waals surface area contributed by atoms with Crippen molar-refractivity contribution in [2.24, 2.45) is 17.3 Å². The quantitative estimate of drug-likeness (QED) is 0.553. The van der Waals surface area contributed by atoms with Crippen molar-refractivity contribution in [3.8, 4) is 11.9 Å². The van der Waals surface area contributed by atoms with E-state index >= 15 is 0 Å². The number of benzene rings is 2. The van der Waals surface area contributed by atoms with Gasteiger partial charge in [-0.3, -0.25) is 14.2 Å². The third-order valence-corrected chi connectivity index (χ3v) is 4.30. The summed E-state index contributed by atoms with van der Waals surface area (Å²) in [6.07, 6.45) is 0. The molecule has 0 aliphatic heterocycles. The molecule has 1 aromatic heterocycles. The van der Waals surface area contributed by atoms with Gasteiger partial charge in [-0.15, -0.1) is 5.11 Å². The second-order valence-electron chi connectivity index (χ2n) is 6.09. The molecule has 1 heterocycles. The van der Waals surface area contributed by atoms with Crippen molar-refractivity contribution in [2.45, 2.75) is 6.92 Å². The number of rotatable bonds is 4.